The zero-order valence-electron chi connectivity index (χ0n) is 18.4. The van der Waals surface area contributed by atoms with Gasteiger partial charge in [-0.15, -0.1) is 10.2 Å². The summed E-state index contributed by atoms with van der Waals surface area (Å²) >= 11 is 0. The van der Waals surface area contributed by atoms with E-state index in [1.54, 1.807) is 11.1 Å². The number of fused-ring (bicyclic) bond motifs is 3. The topological polar surface area (TPSA) is 87.9 Å². The van der Waals surface area contributed by atoms with E-state index in [4.69, 9.17) is 4.74 Å². The van der Waals surface area contributed by atoms with Crippen LogP contribution < -0.4 is 5.32 Å². The van der Waals surface area contributed by atoms with Gasteiger partial charge in [0.25, 0.3) is 0 Å². The minimum absolute atomic E-state index is 0.0122. The van der Waals surface area contributed by atoms with Crippen LogP contribution in [0.15, 0.2) is 17.3 Å². The van der Waals surface area contributed by atoms with Crippen molar-refractivity contribution in [3.05, 3.63) is 23.9 Å². The maximum absolute atomic E-state index is 12.6. The Hall–Kier alpha value is -2.42. The van der Waals surface area contributed by atoms with Gasteiger partial charge in [-0.3, -0.25) is 9.56 Å². The van der Waals surface area contributed by atoms with Crippen molar-refractivity contribution in [2.75, 3.05) is 34.2 Å². The molecule has 2 aliphatic heterocycles. The summed E-state index contributed by atoms with van der Waals surface area (Å²) in [6.45, 7) is 3.85. The number of nitrogens with zero attached hydrogens (tertiary/aromatic N) is 6. The number of aromatic nitrogens is 3. The van der Waals surface area contributed by atoms with Crippen molar-refractivity contribution in [3.63, 3.8) is 0 Å². The van der Waals surface area contributed by atoms with Crippen LogP contribution in [0.2, 0.25) is 0 Å². The summed E-state index contributed by atoms with van der Waals surface area (Å²) in [5, 5.41) is 12.2. The zero-order valence-corrected chi connectivity index (χ0v) is 18.4. The normalized spacial score (nSPS) is 29.0. The van der Waals surface area contributed by atoms with Gasteiger partial charge in [0.15, 0.2) is 5.82 Å². The lowest BCUT2D eigenvalue weighted by molar-refractivity contribution is 0.0690. The van der Waals surface area contributed by atoms with Crippen LogP contribution in [0.5, 0.6) is 0 Å². The van der Waals surface area contributed by atoms with E-state index in [9.17, 15) is 4.79 Å². The first-order valence-corrected chi connectivity index (χ1v) is 10.9. The first kappa shape index (κ1) is 20.8. The number of hydrogen-bond donors (Lipinski definition) is 1. The van der Waals surface area contributed by atoms with Gasteiger partial charge in [-0.05, 0) is 58.1 Å². The second-order valence-corrected chi connectivity index (χ2v) is 8.86. The third kappa shape index (κ3) is 4.08. The van der Waals surface area contributed by atoms with Crippen molar-refractivity contribution in [2.45, 2.75) is 56.8 Å². The van der Waals surface area contributed by atoms with Crippen LogP contribution in [0.3, 0.4) is 0 Å². The van der Waals surface area contributed by atoms with Gasteiger partial charge in [0.1, 0.15) is 18.1 Å². The molecular weight excluding hydrogens is 382 g/mol. The molecule has 164 valence electrons. The molecule has 3 aliphatic rings. The molecule has 9 heteroatoms. The van der Waals surface area contributed by atoms with Crippen LogP contribution in [0.25, 0.3) is 0 Å². The standard InChI is InChI=1S/C21H33N7O2/c1-5-14-11-15(30-21(29)27(4)10-6-9-26(2)3)12-16(14)20-25-24-18-13-23-19-17(28(18)20)7-8-22-19/h7-8,13-17,19,22H,5-6,9-12H2,1-4H3/t14-,15+,16+,17?,19?/m1/s1. The van der Waals surface area contributed by atoms with Crippen LogP contribution >= 0.6 is 0 Å². The van der Waals surface area contributed by atoms with Crippen molar-refractivity contribution in [1.29, 1.82) is 0 Å². The van der Waals surface area contributed by atoms with Gasteiger partial charge in [0.05, 0.1) is 12.3 Å². The monoisotopic (exact) mass is 415 g/mol. The van der Waals surface area contributed by atoms with Crippen molar-refractivity contribution >= 4 is 12.3 Å². The number of nitrogens with one attached hydrogen (secondary N) is 1. The maximum atomic E-state index is 12.6. The van der Waals surface area contributed by atoms with Crippen molar-refractivity contribution < 1.29 is 9.53 Å². The smallest absolute Gasteiger partial charge is 0.409 e. The predicted octanol–water partition coefficient (Wildman–Crippen LogP) is 1.99. The van der Waals surface area contributed by atoms with Crippen LogP contribution in [0.4, 0.5) is 4.79 Å². The summed E-state index contributed by atoms with van der Waals surface area (Å²) in [4.78, 5) is 20.9. The Bertz CT molecular complexity index is 818. The van der Waals surface area contributed by atoms with Crippen LogP contribution in [-0.2, 0) is 4.74 Å². The summed E-state index contributed by atoms with van der Waals surface area (Å²) in [6.07, 6.45) is 9.19. The first-order chi connectivity index (χ1) is 14.5. The molecule has 0 spiro atoms. The van der Waals surface area contributed by atoms with Crippen molar-refractivity contribution in [3.8, 4) is 0 Å². The van der Waals surface area contributed by atoms with E-state index in [2.05, 4.69) is 43.0 Å². The molecule has 1 aliphatic carbocycles. The summed E-state index contributed by atoms with van der Waals surface area (Å²) in [5.74, 6) is 2.44. The third-order valence-electron chi connectivity index (χ3n) is 6.47. The highest BCUT2D eigenvalue weighted by Gasteiger charge is 2.42. The first-order valence-electron chi connectivity index (χ1n) is 10.9. The van der Waals surface area contributed by atoms with E-state index in [1.807, 2.05) is 27.3 Å². The molecule has 1 saturated carbocycles. The largest absolute Gasteiger partial charge is 0.446 e. The second-order valence-electron chi connectivity index (χ2n) is 8.86. The molecule has 2 unspecified atom stereocenters. The molecule has 0 aromatic carbocycles. The van der Waals surface area contributed by atoms with Crippen LogP contribution in [-0.4, -0.2) is 83.4 Å². The number of aliphatic imine (C=N–C) groups is 1. The summed E-state index contributed by atoms with van der Waals surface area (Å²) in [6, 6.07) is 0.108. The molecular formula is C21H33N7O2. The van der Waals surface area contributed by atoms with E-state index in [1.165, 1.54) is 0 Å². The van der Waals surface area contributed by atoms with Crippen LogP contribution in [0.1, 0.15) is 56.2 Å². The lowest BCUT2D eigenvalue weighted by Gasteiger charge is -2.26. The zero-order chi connectivity index (χ0) is 21.3. The molecule has 1 aromatic heterocycles. The van der Waals surface area contributed by atoms with E-state index in [-0.39, 0.29) is 30.3 Å². The molecule has 0 bridgehead atoms. The van der Waals surface area contributed by atoms with Gasteiger partial charge in [0.2, 0.25) is 0 Å². The van der Waals surface area contributed by atoms with E-state index in [0.717, 1.165) is 43.9 Å². The van der Waals surface area contributed by atoms with Crippen LogP contribution in [0, 0.1) is 5.92 Å². The van der Waals surface area contributed by atoms with Gasteiger partial charge in [-0.2, -0.15) is 0 Å². The molecule has 9 nitrogen and oxygen atoms in total. The van der Waals surface area contributed by atoms with Gasteiger partial charge in [-0.25, -0.2) is 4.79 Å². The number of ether oxygens (including phenoxy) is 1. The Labute approximate surface area is 178 Å². The number of carbonyl (C=O) groups excluding carboxylic acids is 1. The molecule has 0 radical (unpaired) electrons. The molecule has 1 aromatic rings. The second kappa shape index (κ2) is 8.75. The SMILES string of the molecule is CC[C@@H]1C[C@H](OC(=O)N(C)CCCN(C)C)C[C@@H]1c1nnc2n1C1C=CNC1N=C2. The Kier molecular flexibility index (Phi) is 6.08. The van der Waals surface area contributed by atoms with Crippen molar-refractivity contribution in [2.24, 2.45) is 10.9 Å². The number of carbonyl (C=O) groups is 1. The minimum atomic E-state index is -0.229. The van der Waals surface area contributed by atoms with Crippen molar-refractivity contribution in [1.82, 2.24) is 29.9 Å². The van der Waals surface area contributed by atoms with Gasteiger partial charge in [-0.1, -0.05) is 13.3 Å². The fourth-order valence-electron chi connectivity index (χ4n) is 4.81. The highest BCUT2D eigenvalue weighted by atomic mass is 16.6. The van der Waals surface area contributed by atoms with E-state index < -0.39 is 0 Å². The van der Waals surface area contributed by atoms with E-state index in [0.29, 0.717) is 12.5 Å². The minimum Gasteiger partial charge on any atom is -0.446 e. The molecule has 5 atom stereocenters. The Morgan fingerprint density at radius 2 is 2.10 bits per heavy atom. The highest BCUT2D eigenvalue weighted by molar-refractivity contribution is 5.76. The molecule has 4 rings (SSSR count). The quantitative estimate of drug-likeness (QED) is 0.733. The fourth-order valence-corrected chi connectivity index (χ4v) is 4.81. The Morgan fingerprint density at radius 1 is 1.27 bits per heavy atom. The highest BCUT2D eigenvalue weighted by Crippen LogP contribution is 2.43. The number of rotatable bonds is 7. The average Bonchev–Trinajstić information content (AvgIpc) is 3.43. The maximum Gasteiger partial charge on any atom is 0.409 e. The fraction of sp³-hybridized carbons (Fsp3) is 0.714. The van der Waals surface area contributed by atoms with E-state index >= 15 is 0 Å². The van der Waals surface area contributed by atoms with Gasteiger partial charge in [0, 0.05) is 19.5 Å². The predicted molar refractivity (Wildman–Crippen MR) is 115 cm³/mol. The molecule has 30 heavy (non-hydrogen) atoms. The number of hydrogen-bond acceptors (Lipinski definition) is 7. The molecule has 3 heterocycles. The third-order valence-corrected chi connectivity index (χ3v) is 6.47. The Balaban J connectivity index is 1.42. The Morgan fingerprint density at radius 3 is 2.87 bits per heavy atom. The summed E-state index contributed by atoms with van der Waals surface area (Å²) < 4.78 is 8.09. The molecule has 1 N–H and O–H groups in total. The average molecular weight is 416 g/mol. The summed E-state index contributed by atoms with van der Waals surface area (Å²) in [7, 11) is 5.89. The van der Waals surface area contributed by atoms with Gasteiger partial charge < -0.3 is 19.9 Å². The molecule has 0 saturated heterocycles. The lowest BCUT2D eigenvalue weighted by Crippen LogP contribution is -2.33. The lowest BCUT2D eigenvalue weighted by atomic mass is 9.92. The summed E-state index contributed by atoms with van der Waals surface area (Å²) in [5.41, 5.74) is 0. The molecule has 1 amide bonds. The van der Waals surface area contributed by atoms with Gasteiger partial charge >= 0.3 is 6.09 Å². The number of amides is 1. The molecule has 1 fully saturated rings.